The number of nitrogens with one attached hydrogen (secondary N) is 1. The number of carbonyl (C=O) groups is 2. The molecule has 1 aliphatic rings. The Kier molecular flexibility index (Phi) is 5.80. The number of hydrogen-bond acceptors (Lipinski definition) is 2. The van der Waals surface area contributed by atoms with E-state index in [2.05, 4.69) is 37.4 Å². The number of hydrogen-bond donors (Lipinski definition) is 2. The van der Waals surface area contributed by atoms with Crippen molar-refractivity contribution < 1.29 is 14.7 Å². The number of benzene rings is 1. The van der Waals surface area contributed by atoms with Crippen LogP contribution in [-0.2, 0) is 16.0 Å². The fraction of sp³-hybridized carbons (Fsp3) is 0.579. The molecule has 0 spiro atoms. The van der Waals surface area contributed by atoms with Crippen molar-refractivity contribution in [2.45, 2.75) is 58.9 Å². The summed E-state index contributed by atoms with van der Waals surface area (Å²) in [5.41, 5.74) is 3.69. The van der Waals surface area contributed by atoms with Crippen molar-refractivity contribution in [2.24, 2.45) is 11.8 Å². The average Bonchev–Trinajstić information content (AvgIpc) is 2.46. The maximum Gasteiger partial charge on any atom is 0.306 e. The first-order valence-electron chi connectivity index (χ1n) is 8.45. The van der Waals surface area contributed by atoms with E-state index in [9.17, 15) is 9.59 Å². The summed E-state index contributed by atoms with van der Waals surface area (Å²) in [6.45, 7) is 6.16. The zero-order valence-corrected chi connectivity index (χ0v) is 14.3. The number of rotatable bonds is 5. The third-order valence-corrected chi connectivity index (χ3v) is 4.61. The van der Waals surface area contributed by atoms with E-state index in [-0.39, 0.29) is 23.8 Å². The molecule has 1 saturated carbocycles. The van der Waals surface area contributed by atoms with Gasteiger partial charge in [0.25, 0.3) is 0 Å². The lowest BCUT2D eigenvalue weighted by molar-refractivity contribution is -0.144. The van der Waals surface area contributed by atoms with E-state index in [4.69, 9.17) is 5.11 Å². The Bertz CT molecular complexity index is 562. The van der Waals surface area contributed by atoms with E-state index in [1.165, 1.54) is 16.7 Å². The summed E-state index contributed by atoms with van der Waals surface area (Å²) in [6.07, 6.45) is 3.57. The van der Waals surface area contributed by atoms with Gasteiger partial charge in [0.15, 0.2) is 0 Å². The van der Waals surface area contributed by atoms with Gasteiger partial charge in [-0.1, -0.05) is 35.7 Å². The van der Waals surface area contributed by atoms with Gasteiger partial charge in [-0.05, 0) is 52.0 Å². The maximum absolute atomic E-state index is 12.4. The minimum absolute atomic E-state index is 0.00725. The van der Waals surface area contributed by atoms with Gasteiger partial charge < -0.3 is 10.4 Å². The van der Waals surface area contributed by atoms with Gasteiger partial charge >= 0.3 is 5.97 Å². The minimum atomic E-state index is -0.772. The van der Waals surface area contributed by atoms with Gasteiger partial charge in [-0.2, -0.15) is 0 Å². The molecule has 1 aromatic rings. The predicted octanol–water partition coefficient (Wildman–Crippen LogP) is 3.24. The van der Waals surface area contributed by atoms with E-state index in [1.54, 1.807) is 0 Å². The van der Waals surface area contributed by atoms with E-state index in [1.807, 2.05) is 6.92 Å². The lowest BCUT2D eigenvalue weighted by Gasteiger charge is -2.27. The first kappa shape index (κ1) is 17.5. The summed E-state index contributed by atoms with van der Waals surface area (Å²) in [5.74, 6) is -1.29. The van der Waals surface area contributed by atoms with Crippen LogP contribution in [0.2, 0.25) is 0 Å². The molecular weight excluding hydrogens is 290 g/mol. The second kappa shape index (κ2) is 7.62. The fourth-order valence-electron chi connectivity index (χ4n) is 3.60. The van der Waals surface area contributed by atoms with Crippen LogP contribution >= 0.6 is 0 Å². The van der Waals surface area contributed by atoms with Crippen LogP contribution < -0.4 is 5.32 Å². The second-order valence-electron chi connectivity index (χ2n) is 7.01. The van der Waals surface area contributed by atoms with Gasteiger partial charge in [0.1, 0.15) is 0 Å². The number of aliphatic carboxylic acids is 1. The van der Waals surface area contributed by atoms with Gasteiger partial charge in [0.2, 0.25) is 5.91 Å². The smallest absolute Gasteiger partial charge is 0.306 e. The molecule has 23 heavy (non-hydrogen) atoms. The van der Waals surface area contributed by atoms with E-state index in [0.29, 0.717) is 12.8 Å². The summed E-state index contributed by atoms with van der Waals surface area (Å²) in [7, 11) is 0. The van der Waals surface area contributed by atoms with Crippen molar-refractivity contribution in [1.29, 1.82) is 0 Å². The number of carboxylic acids is 1. The highest BCUT2D eigenvalue weighted by molar-refractivity contribution is 5.80. The van der Waals surface area contributed by atoms with Gasteiger partial charge in [-0.15, -0.1) is 0 Å². The highest BCUT2D eigenvalue weighted by Gasteiger charge is 2.31. The monoisotopic (exact) mass is 317 g/mol. The SMILES string of the molecule is Cc1cc(C)cc(CC(C)NC(=O)C2CCCC(C(=O)O)C2)c1. The molecule has 0 radical (unpaired) electrons. The Labute approximate surface area is 138 Å². The normalized spacial score (nSPS) is 22.4. The van der Waals surface area contributed by atoms with Crippen molar-refractivity contribution in [3.8, 4) is 0 Å². The van der Waals surface area contributed by atoms with Crippen molar-refractivity contribution in [3.05, 3.63) is 34.9 Å². The molecule has 3 unspecified atom stereocenters. The van der Waals surface area contributed by atoms with Crippen molar-refractivity contribution in [2.75, 3.05) is 0 Å². The molecule has 0 bridgehead atoms. The van der Waals surface area contributed by atoms with Crippen LogP contribution in [-0.4, -0.2) is 23.0 Å². The molecule has 1 amide bonds. The average molecular weight is 317 g/mol. The Morgan fingerprint density at radius 1 is 1.17 bits per heavy atom. The molecule has 2 rings (SSSR count). The summed E-state index contributed by atoms with van der Waals surface area (Å²) >= 11 is 0. The molecule has 0 aromatic heterocycles. The lowest BCUT2D eigenvalue weighted by Crippen LogP contribution is -2.40. The number of carboxylic acid groups (broad SMARTS) is 1. The Morgan fingerprint density at radius 2 is 1.78 bits per heavy atom. The second-order valence-corrected chi connectivity index (χ2v) is 7.01. The topological polar surface area (TPSA) is 66.4 Å². The van der Waals surface area contributed by atoms with E-state index >= 15 is 0 Å². The van der Waals surface area contributed by atoms with E-state index < -0.39 is 5.97 Å². The van der Waals surface area contributed by atoms with Crippen LogP contribution in [0.25, 0.3) is 0 Å². The highest BCUT2D eigenvalue weighted by Crippen LogP contribution is 2.29. The molecule has 1 fully saturated rings. The quantitative estimate of drug-likeness (QED) is 0.876. The molecule has 4 heteroatoms. The standard InChI is InChI=1S/C19H27NO3/c1-12-7-13(2)9-15(8-12)10-14(3)20-18(21)16-5-4-6-17(11-16)19(22)23/h7-9,14,16-17H,4-6,10-11H2,1-3H3,(H,20,21)(H,22,23). The highest BCUT2D eigenvalue weighted by atomic mass is 16.4. The van der Waals surface area contributed by atoms with Crippen LogP contribution in [0.15, 0.2) is 18.2 Å². The first-order valence-corrected chi connectivity index (χ1v) is 8.45. The molecule has 1 aliphatic carbocycles. The van der Waals surface area contributed by atoms with Gasteiger partial charge in [0, 0.05) is 12.0 Å². The largest absolute Gasteiger partial charge is 0.481 e. The number of amides is 1. The number of aryl methyl sites for hydroxylation is 2. The molecule has 4 nitrogen and oxygen atoms in total. The van der Waals surface area contributed by atoms with Gasteiger partial charge in [-0.25, -0.2) is 0 Å². The zero-order valence-electron chi connectivity index (χ0n) is 14.3. The summed E-state index contributed by atoms with van der Waals surface area (Å²) in [5, 5.41) is 12.2. The molecule has 0 saturated heterocycles. The number of carbonyl (C=O) groups excluding carboxylic acids is 1. The van der Waals surface area contributed by atoms with Crippen LogP contribution in [0.5, 0.6) is 0 Å². The van der Waals surface area contributed by atoms with Crippen LogP contribution in [0.4, 0.5) is 0 Å². The molecule has 0 heterocycles. The summed E-state index contributed by atoms with van der Waals surface area (Å²) in [4.78, 5) is 23.5. The fourth-order valence-corrected chi connectivity index (χ4v) is 3.60. The van der Waals surface area contributed by atoms with Crippen LogP contribution in [0, 0.1) is 25.7 Å². The Balaban J connectivity index is 1.90. The Morgan fingerprint density at radius 3 is 2.39 bits per heavy atom. The lowest BCUT2D eigenvalue weighted by atomic mass is 9.81. The molecule has 0 aliphatic heterocycles. The maximum atomic E-state index is 12.4. The zero-order chi connectivity index (χ0) is 17.0. The van der Waals surface area contributed by atoms with Gasteiger partial charge in [0.05, 0.1) is 5.92 Å². The molecule has 1 aromatic carbocycles. The summed E-state index contributed by atoms with van der Waals surface area (Å²) < 4.78 is 0. The molecular formula is C19H27NO3. The molecule has 3 atom stereocenters. The van der Waals surface area contributed by atoms with Crippen LogP contribution in [0.1, 0.15) is 49.3 Å². The van der Waals surface area contributed by atoms with Crippen molar-refractivity contribution in [3.63, 3.8) is 0 Å². The van der Waals surface area contributed by atoms with Gasteiger partial charge in [-0.3, -0.25) is 9.59 Å². The molecule has 2 N–H and O–H groups in total. The van der Waals surface area contributed by atoms with Crippen molar-refractivity contribution in [1.82, 2.24) is 5.32 Å². The van der Waals surface area contributed by atoms with E-state index in [0.717, 1.165) is 19.3 Å². The van der Waals surface area contributed by atoms with Crippen LogP contribution in [0.3, 0.4) is 0 Å². The predicted molar refractivity (Wildman–Crippen MR) is 90.3 cm³/mol. The third kappa shape index (κ3) is 5.08. The molecule has 126 valence electrons. The van der Waals surface area contributed by atoms with Crippen molar-refractivity contribution >= 4 is 11.9 Å². The third-order valence-electron chi connectivity index (χ3n) is 4.61. The minimum Gasteiger partial charge on any atom is -0.481 e. The Hall–Kier alpha value is -1.84. The summed E-state index contributed by atoms with van der Waals surface area (Å²) in [6, 6.07) is 6.49. The first-order chi connectivity index (χ1) is 10.8.